The van der Waals surface area contributed by atoms with E-state index in [2.05, 4.69) is 5.32 Å². The molecule has 0 bridgehead atoms. The largest absolute Gasteiger partial charge is 0.324 e. The molecule has 8 heteroatoms. The zero-order valence-electron chi connectivity index (χ0n) is 13.7. The van der Waals surface area contributed by atoms with Gasteiger partial charge >= 0.3 is 0 Å². The summed E-state index contributed by atoms with van der Waals surface area (Å²) >= 11 is 5.71. The molecule has 0 spiro atoms. The summed E-state index contributed by atoms with van der Waals surface area (Å²) in [4.78, 5) is 12.6. The van der Waals surface area contributed by atoms with Crippen LogP contribution in [0.15, 0.2) is 48.5 Å². The maximum atomic E-state index is 13.2. The Labute approximate surface area is 151 Å². The molecular formula is C17H18ClFN2O3S. The van der Waals surface area contributed by atoms with E-state index in [0.29, 0.717) is 5.69 Å². The summed E-state index contributed by atoms with van der Waals surface area (Å²) in [7, 11) is -3.70. The van der Waals surface area contributed by atoms with Crippen molar-refractivity contribution in [2.45, 2.75) is 19.4 Å². The predicted octanol–water partition coefficient (Wildman–Crippen LogP) is 3.66. The molecule has 1 N–H and O–H groups in total. The zero-order valence-corrected chi connectivity index (χ0v) is 15.3. The number of benzene rings is 2. The van der Waals surface area contributed by atoms with Crippen molar-refractivity contribution in [3.8, 4) is 0 Å². The molecule has 1 atom stereocenters. The number of sulfonamides is 1. The second-order valence-corrected chi connectivity index (χ2v) is 7.70. The number of rotatable bonds is 6. The van der Waals surface area contributed by atoms with Gasteiger partial charge in [-0.1, -0.05) is 36.7 Å². The molecule has 2 rings (SSSR count). The number of nitrogens with one attached hydrogen (secondary N) is 1. The van der Waals surface area contributed by atoms with Crippen LogP contribution in [0.4, 0.5) is 15.8 Å². The van der Waals surface area contributed by atoms with Crippen LogP contribution in [0.5, 0.6) is 0 Å². The first-order valence-electron chi connectivity index (χ1n) is 7.54. The number of hydrogen-bond acceptors (Lipinski definition) is 3. The van der Waals surface area contributed by atoms with E-state index in [1.807, 2.05) is 0 Å². The highest BCUT2D eigenvalue weighted by atomic mass is 35.5. The van der Waals surface area contributed by atoms with Gasteiger partial charge in [-0.3, -0.25) is 9.10 Å². The zero-order chi connectivity index (χ0) is 18.6. The number of halogens is 2. The molecule has 2 aromatic rings. The summed E-state index contributed by atoms with van der Waals surface area (Å²) in [6.45, 7) is 1.71. The summed E-state index contributed by atoms with van der Waals surface area (Å²) in [5.74, 6) is -1.13. The number of amides is 1. The van der Waals surface area contributed by atoms with Crippen molar-refractivity contribution in [2.75, 3.05) is 15.9 Å². The highest BCUT2D eigenvalue weighted by Gasteiger charge is 2.31. The molecule has 0 saturated carbocycles. The standard InChI is InChI=1S/C17H18ClFN2O3S/c1-3-16(17(22)20-12-9-10-15(19)14(18)11-12)21(25(2,23)24)13-7-5-4-6-8-13/h4-11,16H,3H2,1-2H3,(H,20,22)/t16-/m1/s1. The minimum atomic E-state index is -3.70. The van der Waals surface area contributed by atoms with Crippen LogP contribution < -0.4 is 9.62 Å². The summed E-state index contributed by atoms with van der Waals surface area (Å²) in [5.41, 5.74) is 0.681. The van der Waals surface area contributed by atoms with Gasteiger partial charge in [-0.25, -0.2) is 12.8 Å². The fraction of sp³-hybridized carbons (Fsp3) is 0.235. The van der Waals surface area contributed by atoms with Crippen molar-refractivity contribution in [1.29, 1.82) is 0 Å². The van der Waals surface area contributed by atoms with Crippen LogP contribution in [-0.2, 0) is 14.8 Å². The minimum Gasteiger partial charge on any atom is -0.324 e. The van der Waals surface area contributed by atoms with Crippen molar-refractivity contribution in [1.82, 2.24) is 0 Å². The number of hydrogen-bond donors (Lipinski definition) is 1. The molecule has 1 amide bonds. The van der Waals surface area contributed by atoms with Crippen LogP contribution in [0.25, 0.3) is 0 Å². The fourth-order valence-corrected chi connectivity index (χ4v) is 3.83. The van der Waals surface area contributed by atoms with Crippen LogP contribution in [0.2, 0.25) is 5.02 Å². The third-order valence-corrected chi connectivity index (χ3v) is 5.00. The van der Waals surface area contributed by atoms with Gasteiger partial charge in [-0.2, -0.15) is 0 Å². The van der Waals surface area contributed by atoms with Gasteiger partial charge in [-0.05, 0) is 36.8 Å². The van der Waals surface area contributed by atoms with Gasteiger partial charge in [0.2, 0.25) is 15.9 Å². The topological polar surface area (TPSA) is 66.5 Å². The summed E-state index contributed by atoms with van der Waals surface area (Å²) < 4.78 is 38.8. The molecule has 0 aromatic heterocycles. The molecule has 0 unspecified atom stereocenters. The lowest BCUT2D eigenvalue weighted by Gasteiger charge is -2.30. The first kappa shape index (κ1) is 19.2. The van der Waals surface area contributed by atoms with Crippen molar-refractivity contribution in [3.63, 3.8) is 0 Å². The Balaban J connectivity index is 2.34. The van der Waals surface area contributed by atoms with E-state index >= 15 is 0 Å². The highest BCUT2D eigenvalue weighted by molar-refractivity contribution is 7.92. The quantitative estimate of drug-likeness (QED) is 0.826. The molecule has 2 aromatic carbocycles. The van der Waals surface area contributed by atoms with Crippen molar-refractivity contribution >= 4 is 38.9 Å². The normalized spacial score (nSPS) is 12.5. The van der Waals surface area contributed by atoms with Crippen LogP contribution in [0.3, 0.4) is 0 Å². The third kappa shape index (κ3) is 4.70. The Morgan fingerprint density at radius 2 is 1.88 bits per heavy atom. The van der Waals surface area contributed by atoms with Gasteiger partial charge in [-0.15, -0.1) is 0 Å². The lowest BCUT2D eigenvalue weighted by molar-refractivity contribution is -0.117. The minimum absolute atomic E-state index is 0.131. The van der Waals surface area contributed by atoms with Crippen molar-refractivity contribution in [2.24, 2.45) is 0 Å². The number of anilines is 2. The molecule has 0 aliphatic rings. The molecule has 0 heterocycles. The Morgan fingerprint density at radius 3 is 2.40 bits per heavy atom. The van der Waals surface area contributed by atoms with Gasteiger partial charge in [0, 0.05) is 5.69 Å². The average molecular weight is 385 g/mol. The smallest absolute Gasteiger partial charge is 0.248 e. The molecule has 0 aliphatic carbocycles. The van der Waals surface area contributed by atoms with Gasteiger partial charge in [0.1, 0.15) is 11.9 Å². The van der Waals surface area contributed by atoms with Crippen LogP contribution in [0.1, 0.15) is 13.3 Å². The van der Waals surface area contributed by atoms with E-state index in [9.17, 15) is 17.6 Å². The second kappa shape index (κ2) is 7.84. The van der Waals surface area contributed by atoms with Crippen molar-refractivity contribution in [3.05, 3.63) is 59.4 Å². The molecular weight excluding hydrogens is 367 g/mol. The molecule has 0 radical (unpaired) electrons. The van der Waals surface area contributed by atoms with Gasteiger partial charge in [0.15, 0.2) is 0 Å². The third-order valence-electron chi connectivity index (χ3n) is 3.53. The van der Waals surface area contributed by atoms with E-state index in [0.717, 1.165) is 16.6 Å². The number of carbonyl (C=O) groups excluding carboxylic acids is 1. The lowest BCUT2D eigenvalue weighted by Crippen LogP contribution is -2.46. The number of carbonyl (C=O) groups is 1. The monoisotopic (exact) mass is 384 g/mol. The molecule has 25 heavy (non-hydrogen) atoms. The van der Waals surface area contributed by atoms with E-state index in [1.165, 1.54) is 12.1 Å². The Morgan fingerprint density at radius 1 is 1.24 bits per heavy atom. The average Bonchev–Trinajstić information content (AvgIpc) is 2.55. The second-order valence-electron chi connectivity index (χ2n) is 5.44. The first-order valence-corrected chi connectivity index (χ1v) is 9.77. The van der Waals surface area contributed by atoms with Crippen LogP contribution in [-0.4, -0.2) is 26.6 Å². The Kier molecular flexibility index (Phi) is 6.02. The van der Waals surface area contributed by atoms with E-state index < -0.39 is 27.8 Å². The molecule has 134 valence electrons. The van der Waals surface area contributed by atoms with E-state index in [4.69, 9.17) is 11.6 Å². The van der Waals surface area contributed by atoms with Gasteiger partial charge < -0.3 is 5.32 Å². The SMILES string of the molecule is CC[C@H](C(=O)Nc1ccc(F)c(Cl)c1)N(c1ccccc1)S(C)(=O)=O. The van der Waals surface area contributed by atoms with Gasteiger partial charge in [0.05, 0.1) is 17.0 Å². The maximum Gasteiger partial charge on any atom is 0.248 e. The van der Waals surface area contributed by atoms with Gasteiger partial charge in [0.25, 0.3) is 0 Å². The fourth-order valence-electron chi connectivity index (χ4n) is 2.43. The van der Waals surface area contributed by atoms with Crippen molar-refractivity contribution < 1.29 is 17.6 Å². The summed E-state index contributed by atoms with van der Waals surface area (Å²) in [6.07, 6.45) is 1.30. The highest BCUT2D eigenvalue weighted by Crippen LogP contribution is 2.24. The first-order chi connectivity index (χ1) is 11.7. The maximum absolute atomic E-state index is 13.2. The molecule has 0 saturated heterocycles. The molecule has 5 nitrogen and oxygen atoms in total. The summed E-state index contributed by atoms with van der Waals surface area (Å²) in [5, 5.41) is 2.46. The van der Waals surface area contributed by atoms with Crippen LogP contribution >= 0.6 is 11.6 Å². The Hall–Kier alpha value is -2.12. The lowest BCUT2D eigenvalue weighted by atomic mass is 10.2. The predicted molar refractivity (Wildman–Crippen MR) is 97.9 cm³/mol. The van der Waals surface area contributed by atoms with E-state index in [1.54, 1.807) is 37.3 Å². The molecule has 0 fully saturated rings. The van der Waals surface area contributed by atoms with Crippen LogP contribution in [0, 0.1) is 5.82 Å². The summed E-state index contributed by atoms with van der Waals surface area (Å²) in [6, 6.07) is 11.2. The van der Waals surface area contributed by atoms with E-state index in [-0.39, 0.29) is 17.1 Å². The number of nitrogens with zero attached hydrogens (tertiary/aromatic N) is 1. The Bertz CT molecular complexity index is 859. The molecule has 0 aliphatic heterocycles. The number of para-hydroxylation sites is 1.